The van der Waals surface area contributed by atoms with Gasteiger partial charge in [0.1, 0.15) is 13.1 Å². The molecule has 0 aliphatic carbocycles. The van der Waals surface area contributed by atoms with Crippen LogP contribution in [0, 0.1) is 0 Å². The molecular weight excluding hydrogens is 368 g/mol. The summed E-state index contributed by atoms with van der Waals surface area (Å²) in [7, 11) is 0. The highest BCUT2D eigenvalue weighted by atomic mass is 16.3. The Bertz CT molecular complexity index is 435. The number of hydrogen-bond donors (Lipinski definition) is 1. The van der Waals surface area contributed by atoms with Crippen molar-refractivity contribution in [1.82, 2.24) is 0 Å². The average molecular weight is 422 g/mol. The van der Waals surface area contributed by atoms with Gasteiger partial charge in [-0.15, -0.1) is 0 Å². The van der Waals surface area contributed by atoms with E-state index in [1.165, 1.54) is 103 Å². The number of likely N-dealkylation sites (N-methyl/N-ethyl adjacent to an activating group) is 1. The maximum Gasteiger partial charge on any atom is 0.186 e. The van der Waals surface area contributed by atoms with Gasteiger partial charge in [0.2, 0.25) is 0 Å². The van der Waals surface area contributed by atoms with E-state index in [0.29, 0.717) is 6.17 Å². The molecule has 0 saturated heterocycles. The molecule has 1 aliphatic heterocycles. The van der Waals surface area contributed by atoms with Crippen LogP contribution in [0.1, 0.15) is 123 Å². The van der Waals surface area contributed by atoms with Crippen LogP contribution in [0.5, 0.6) is 0 Å². The van der Waals surface area contributed by atoms with Crippen LogP contribution in [0.2, 0.25) is 0 Å². The fourth-order valence-corrected chi connectivity index (χ4v) is 4.79. The average Bonchev–Trinajstić information content (AvgIpc) is 3.16. The highest BCUT2D eigenvalue weighted by Gasteiger charge is 2.36. The van der Waals surface area contributed by atoms with Crippen molar-refractivity contribution in [3.63, 3.8) is 0 Å². The molecule has 0 aromatic carbocycles. The Balaban J connectivity index is 1.87. The van der Waals surface area contributed by atoms with Crippen molar-refractivity contribution < 1.29 is 9.59 Å². The third kappa shape index (κ3) is 12.2. The first kappa shape index (κ1) is 27.4. The van der Waals surface area contributed by atoms with E-state index in [1.54, 1.807) is 0 Å². The van der Waals surface area contributed by atoms with Crippen LogP contribution in [-0.4, -0.2) is 48.2 Å². The van der Waals surface area contributed by atoms with Crippen molar-refractivity contribution in [3.05, 3.63) is 12.2 Å². The van der Waals surface area contributed by atoms with Crippen LogP contribution < -0.4 is 0 Å². The molecule has 1 N–H and O–H groups in total. The number of unbranched alkanes of at least 4 members (excludes halogenated alkanes) is 15. The Morgan fingerprint density at radius 2 is 1.33 bits per heavy atom. The highest BCUT2D eigenvalue weighted by molar-refractivity contribution is 5.60. The number of nitrogens with zero attached hydrogens (tertiary/aromatic N) is 2. The van der Waals surface area contributed by atoms with Gasteiger partial charge >= 0.3 is 0 Å². The number of hydrogen-bond acceptors (Lipinski definition) is 2. The summed E-state index contributed by atoms with van der Waals surface area (Å²) >= 11 is 0. The summed E-state index contributed by atoms with van der Waals surface area (Å²) in [6, 6.07) is 0. The molecular formula is C27H53N2O+. The van der Waals surface area contributed by atoms with Gasteiger partial charge in [0.15, 0.2) is 6.17 Å². The minimum Gasteiger partial charge on any atom is -0.391 e. The van der Waals surface area contributed by atoms with Gasteiger partial charge in [-0.3, -0.25) is 4.48 Å². The Hall–Kier alpha value is -0.670. The summed E-state index contributed by atoms with van der Waals surface area (Å²) in [4.78, 5) is 4.68. The molecule has 0 amide bonds. The van der Waals surface area contributed by atoms with E-state index in [9.17, 15) is 5.11 Å². The first-order valence-electron chi connectivity index (χ1n) is 13.4. The lowest BCUT2D eigenvalue weighted by Crippen LogP contribution is -2.53. The van der Waals surface area contributed by atoms with Gasteiger partial charge in [0.05, 0.1) is 19.4 Å². The second kappa shape index (κ2) is 19.0. The van der Waals surface area contributed by atoms with Gasteiger partial charge in [-0.2, -0.15) is 0 Å². The number of aliphatic imine (C=N–C) groups is 1. The van der Waals surface area contributed by atoms with E-state index in [1.807, 2.05) is 0 Å². The smallest absolute Gasteiger partial charge is 0.186 e. The Morgan fingerprint density at radius 3 is 1.83 bits per heavy atom. The van der Waals surface area contributed by atoms with E-state index >= 15 is 0 Å². The first-order chi connectivity index (χ1) is 14.8. The molecule has 0 aromatic heterocycles. The lowest BCUT2D eigenvalue weighted by molar-refractivity contribution is -0.935. The maximum atomic E-state index is 9.38. The van der Waals surface area contributed by atoms with Crippen molar-refractivity contribution in [3.8, 4) is 0 Å². The highest BCUT2D eigenvalue weighted by Crippen LogP contribution is 2.22. The zero-order valence-electron chi connectivity index (χ0n) is 20.5. The van der Waals surface area contributed by atoms with Gasteiger partial charge in [-0.1, -0.05) is 109 Å². The predicted molar refractivity (Wildman–Crippen MR) is 133 cm³/mol. The first-order valence-corrected chi connectivity index (χ1v) is 13.4. The summed E-state index contributed by atoms with van der Waals surface area (Å²) in [6.45, 7) is 7.63. The standard InChI is InChI=1S/C27H53N2O/c1-3-5-6-7-8-9-10-11-12-13-14-15-16-17-18-19-20-21-22-27-28-23-24-29(27,4-2)25-26-30/h20-21,23,27,30H,3-19,22,24-26H2,1-2H3/q+1/b21-20+. The van der Waals surface area contributed by atoms with Gasteiger partial charge in [0.25, 0.3) is 0 Å². The van der Waals surface area contributed by atoms with Crippen molar-refractivity contribution in [2.45, 2.75) is 129 Å². The molecule has 1 rings (SSSR count). The Labute approximate surface area is 188 Å². The van der Waals surface area contributed by atoms with Gasteiger partial charge in [0, 0.05) is 6.42 Å². The van der Waals surface area contributed by atoms with Crippen molar-refractivity contribution >= 4 is 6.21 Å². The summed E-state index contributed by atoms with van der Waals surface area (Å²) in [5.41, 5.74) is 0. The summed E-state index contributed by atoms with van der Waals surface area (Å²) in [5.74, 6) is 0. The van der Waals surface area contributed by atoms with Crippen LogP contribution in [0.25, 0.3) is 0 Å². The largest absolute Gasteiger partial charge is 0.391 e. The minimum atomic E-state index is 0.260. The molecule has 0 aromatic rings. The Kier molecular flexibility index (Phi) is 17.4. The summed E-state index contributed by atoms with van der Waals surface area (Å²) in [5, 5.41) is 9.38. The third-order valence-electron chi connectivity index (χ3n) is 7.02. The topological polar surface area (TPSA) is 32.6 Å². The van der Waals surface area contributed by atoms with E-state index in [4.69, 9.17) is 0 Å². The molecule has 1 aliphatic rings. The van der Waals surface area contributed by atoms with Crippen molar-refractivity contribution in [2.75, 3.05) is 26.2 Å². The van der Waals surface area contributed by atoms with Gasteiger partial charge < -0.3 is 5.11 Å². The molecule has 0 radical (unpaired) electrons. The molecule has 0 saturated carbocycles. The fourth-order valence-electron chi connectivity index (χ4n) is 4.79. The molecule has 3 nitrogen and oxygen atoms in total. The molecule has 0 bridgehead atoms. The SMILES string of the molecule is CCCCCCCCCCCCCCCCC/C=C/CC1N=CC[N+]1(CC)CCO. The van der Waals surface area contributed by atoms with Gasteiger partial charge in [-0.05, 0) is 19.8 Å². The molecule has 2 atom stereocenters. The zero-order valence-corrected chi connectivity index (χ0v) is 20.5. The van der Waals surface area contributed by atoms with Crippen molar-refractivity contribution in [1.29, 1.82) is 0 Å². The van der Waals surface area contributed by atoms with Crippen molar-refractivity contribution in [2.24, 2.45) is 4.99 Å². The molecule has 2 unspecified atom stereocenters. The second-order valence-corrected chi connectivity index (χ2v) is 9.42. The quantitative estimate of drug-likeness (QED) is 0.117. The predicted octanol–water partition coefficient (Wildman–Crippen LogP) is 7.43. The van der Waals surface area contributed by atoms with E-state index in [-0.39, 0.29) is 6.61 Å². The molecule has 30 heavy (non-hydrogen) atoms. The van der Waals surface area contributed by atoms with E-state index < -0.39 is 0 Å². The number of aliphatic hydroxyl groups excluding tert-OH is 1. The Morgan fingerprint density at radius 1 is 0.800 bits per heavy atom. The van der Waals surface area contributed by atoms with Crippen LogP contribution in [0.3, 0.4) is 0 Å². The molecule has 0 spiro atoms. The number of allylic oxidation sites excluding steroid dienone is 1. The maximum absolute atomic E-state index is 9.38. The van der Waals surface area contributed by atoms with Crippen LogP contribution in [-0.2, 0) is 0 Å². The van der Waals surface area contributed by atoms with E-state index in [2.05, 4.69) is 37.2 Å². The number of aliphatic hydroxyl groups is 1. The van der Waals surface area contributed by atoms with Crippen LogP contribution >= 0.6 is 0 Å². The number of quaternary nitrogens is 1. The normalized spacial score (nSPS) is 21.2. The minimum absolute atomic E-state index is 0.260. The summed E-state index contributed by atoms with van der Waals surface area (Å²) < 4.78 is 0.930. The lowest BCUT2D eigenvalue weighted by atomic mass is 10.0. The zero-order chi connectivity index (χ0) is 21.8. The van der Waals surface area contributed by atoms with E-state index in [0.717, 1.165) is 30.5 Å². The fraction of sp³-hybridized carbons (Fsp3) is 0.889. The molecule has 176 valence electrons. The lowest BCUT2D eigenvalue weighted by Gasteiger charge is -2.37. The monoisotopic (exact) mass is 421 g/mol. The van der Waals surface area contributed by atoms with Gasteiger partial charge in [-0.25, -0.2) is 4.99 Å². The summed E-state index contributed by atoms with van der Waals surface area (Å²) in [6.07, 6.45) is 30.7. The second-order valence-electron chi connectivity index (χ2n) is 9.42. The molecule has 1 heterocycles. The van der Waals surface area contributed by atoms with Crippen LogP contribution in [0.15, 0.2) is 17.1 Å². The molecule has 3 heteroatoms. The van der Waals surface area contributed by atoms with Crippen LogP contribution in [0.4, 0.5) is 0 Å². The third-order valence-corrected chi connectivity index (χ3v) is 7.02. The molecule has 0 fully saturated rings. The number of rotatable bonds is 21.